The first-order chi connectivity index (χ1) is 10.9. The van der Waals surface area contributed by atoms with E-state index in [-0.39, 0.29) is 0 Å². The molecule has 0 N–H and O–H groups in total. The van der Waals surface area contributed by atoms with E-state index in [1.54, 1.807) is 0 Å². The molecule has 3 heterocycles. The molecule has 2 aromatic rings. The molecule has 3 rings (SSSR count). The molecule has 4 nitrogen and oxygen atoms in total. The molecular weight excluding hydrogens is 286 g/mol. The highest BCUT2D eigenvalue weighted by Gasteiger charge is 2.11. The molecule has 0 spiro atoms. The summed E-state index contributed by atoms with van der Waals surface area (Å²) in [6.45, 7) is 13.8. The molecule has 0 bridgehead atoms. The van der Waals surface area contributed by atoms with Gasteiger partial charge in [0.05, 0.1) is 13.2 Å². The Morgan fingerprint density at radius 1 is 0.739 bits per heavy atom. The van der Waals surface area contributed by atoms with E-state index >= 15 is 0 Å². The third-order valence-corrected chi connectivity index (χ3v) is 3.67. The van der Waals surface area contributed by atoms with Gasteiger partial charge in [0, 0.05) is 41.6 Å². The Kier molecular flexibility index (Phi) is 6.11. The van der Waals surface area contributed by atoms with Gasteiger partial charge in [-0.3, -0.25) is 9.97 Å². The molecule has 0 aliphatic carbocycles. The van der Waals surface area contributed by atoms with Gasteiger partial charge >= 0.3 is 0 Å². The Balaban J connectivity index is 0.000000185. The summed E-state index contributed by atoms with van der Waals surface area (Å²) >= 11 is 0. The second kappa shape index (κ2) is 8.06. The number of rotatable bonds is 1. The zero-order valence-corrected chi connectivity index (χ0v) is 14.9. The molecule has 0 atom stereocenters. The predicted octanol–water partition coefficient (Wildman–Crippen LogP) is 3.54. The van der Waals surface area contributed by atoms with Gasteiger partial charge in [-0.1, -0.05) is 0 Å². The molecule has 0 saturated carbocycles. The Bertz CT molecular complexity index is 578. The van der Waals surface area contributed by atoms with Crippen LogP contribution < -0.4 is 4.90 Å². The van der Waals surface area contributed by atoms with E-state index in [0.717, 1.165) is 49.1 Å². The van der Waals surface area contributed by atoms with Crippen LogP contribution in [0.25, 0.3) is 0 Å². The van der Waals surface area contributed by atoms with Crippen LogP contribution in [0.1, 0.15) is 28.3 Å². The third kappa shape index (κ3) is 5.64. The lowest BCUT2D eigenvalue weighted by molar-refractivity contribution is 0.122. The summed E-state index contributed by atoms with van der Waals surface area (Å²) in [5.74, 6) is 0. The molecule has 23 heavy (non-hydrogen) atoms. The van der Waals surface area contributed by atoms with Crippen LogP contribution in [0.4, 0.5) is 5.69 Å². The van der Waals surface area contributed by atoms with Gasteiger partial charge in [-0.05, 0) is 64.4 Å². The lowest BCUT2D eigenvalue weighted by Gasteiger charge is -2.29. The number of nitrogens with zero attached hydrogens (tertiary/aromatic N) is 3. The van der Waals surface area contributed by atoms with Crippen molar-refractivity contribution in [2.24, 2.45) is 0 Å². The fourth-order valence-corrected chi connectivity index (χ4v) is 2.86. The van der Waals surface area contributed by atoms with Crippen LogP contribution >= 0.6 is 0 Å². The van der Waals surface area contributed by atoms with Crippen LogP contribution in [0, 0.1) is 34.6 Å². The molecule has 1 saturated heterocycles. The highest BCUT2D eigenvalue weighted by atomic mass is 16.5. The maximum Gasteiger partial charge on any atom is 0.0642 e. The second-order valence-corrected chi connectivity index (χ2v) is 6.13. The molecule has 124 valence electrons. The summed E-state index contributed by atoms with van der Waals surface area (Å²) < 4.78 is 5.32. The first-order valence-corrected chi connectivity index (χ1v) is 8.14. The summed E-state index contributed by atoms with van der Waals surface area (Å²) in [6, 6.07) is 8.43. The summed E-state index contributed by atoms with van der Waals surface area (Å²) in [4.78, 5) is 11.0. The van der Waals surface area contributed by atoms with Gasteiger partial charge < -0.3 is 9.64 Å². The molecule has 0 aromatic carbocycles. The number of aryl methyl sites for hydroxylation is 5. The van der Waals surface area contributed by atoms with Crippen molar-refractivity contribution in [3.05, 3.63) is 52.6 Å². The smallest absolute Gasteiger partial charge is 0.0642 e. The van der Waals surface area contributed by atoms with E-state index in [4.69, 9.17) is 4.74 Å². The van der Waals surface area contributed by atoms with Gasteiger partial charge in [-0.15, -0.1) is 0 Å². The van der Waals surface area contributed by atoms with Gasteiger partial charge in [-0.25, -0.2) is 0 Å². The van der Waals surface area contributed by atoms with Crippen molar-refractivity contribution in [3.8, 4) is 0 Å². The minimum Gasteiger partial charge on any atom is -0.378 e. The molecule has 0 radical (unpaired) electrons. The van der Waals surface area contributed by atoms with E-state index in [9.17, 15) is 0 Å². The first kappa shape index (κ1) is 17.4. The predicted molar refractivity (Wildman–Crippen MR) is 95.2 cm³/mol. The van der Waals surface area contributed by atoms with Crippen LogP contribution in [-0.2, 0) is 4.74 Å². The van der Waals surface area contributed by atoms with Crippen molar-refractivity contribution in [1.29, 1.82) is 0 Å². The van der Waals surface area contributed by atoms with Crippen LogP contribution in [0.3, 0.4) is 0 Å². The minimum absolute atomic E-state index is 0.834. The van der Waals surface area contributed by atoms with Crippen LogP contribution in [0.2, 0.25) is 0 Å². The summed E-state index contributed by atoms with van der Waals surface area (Å²) in [6.07, 6.45) is 0. The fraction of sp³-hybridized carbons (Fsp3) is 0.474. The number of aromatic nitrogens is 2. The van der Waals surface area contributed by atoms with Crippen molar-refractivity contribution < 1.29 is 4.74 Å². The maximum atomic E-state index is 5.32. The Morgan fingerprint density at radius 2 is 1.17 bits per heavy atom. The average Bonchev–Trinajstić information content (AvgIpc) is 2.46. The monoisotopic (exact) mass is 313 g/mol. The number of anilines is 1. The molecular formula is C19H27N3O. The number of hydrogen-bond acceptors (Lipinski definition) is 4. The van der Waals surface area contributed by atoms with Crippen LogP contribution in [0.15, 0.2) is 24.3 Å². The maximum absolute atomic E-state index is 5.32. The van der Waals surface area contributed by atoms with Crippen molar-refractivity contribution in [2.75, 3.05) is 31.2 Å². The number of morpholine rings is 1. The van der Waals surface area contributed by atoms with Crippen LogP contribution in [0.5, 0.6) is 0 Å². The van der Waals surface area contributed by atoms with Crippen molar-refractivity contribution >= 4 is 5.69 Å². The number of pyridine rings is 2. The van der Waals surface area contributed by atoms with Crippen LogP contribution in [-0.4, -0.2) is 36.3 Å². The Hall–Kier alpha value is -1.94. The largest absolute Gasteiger partial charge is 0.378 e. The topological polar surface area (TPSA) is 38.2 Å². The molecule has 1 aliphatic heterocycles. The average molecular weight is 313 g/mol. The Labute approximate surface area is 139 Å². The highest BCUT2D eigenvalue weighted by molar-refractivity contribution is 5.48. The third-order valence-electron chi connectivity index (χ3n) is 3.67. The van der Waals surface area contributed by atoms with Crippen molar-refractivity contribution in [1.82, 2.24) is 9.97 Å². The number of hydrogen-bond donors (Lipinski definition) is 0. The normalized spacial score (nSPS) is 14.2. The second-order valence-electron chi connectivity index (χ2n) is 6.13. The molecule has 2 aromatic heterocycles. The summed E-state index contributed by atoms with van der Waals surface area (Å²) in [7, 11) is 0. The van der Waals surface area contributed by atoms with E-state index in [2.05, 4.69) is 46.1 Å². The molecule has 1 fully saturated rings. The standard InChI is InChI=1S/C11H16N2O.C8H11N/c1-9-7-11(8-10(2)12-9)13-3-5-14-6-4-13;1-6-4-7(2)9-8(3)5-6/h7-8H,3-6H2,1-2H3;4-5H,1-3H3. The SMILES string of the molecule is Cc1cc(C)nc(C)c1.Cc1cc(N2CCOCC2)cc(C)n1. The zero-order valence-electron chi connectivity index (χ0n) is 14.9. The van der Waals surface area contributed by atoms with Gasteiger partial charge in [0.15, 0.2) is 0 Å². The Morgan fingerprint density at radius 3 is 1.61 bits per heavy atom. The van der Waals surface area contributed by atoms with Crippen molar-refractivity contribution in [3.63, 3.8) is 0 Å². The van der Waals surface area contributed by atoms with E-state index in [1.165, 1.54) is 11.3 Å². The van der Waals surface area contributed by atoms with Gasteiger partial charge in [0.25, 0.3) is 0 Å². The first-order valence-electron chi connectivity index (χ1n) is 8.14. The quantitative estimate of drug-likeness (QED) is 0.807. The lowest BCUT2D eigenvalue weighted by atomic mass is 10.2. The molecule has 0 unspecified atom stereocenters. The fourth-order valence-electron chi connectivity index (χ4n) is 2.86. The highest BCUT2D eigenvalue weighted by Crippen LogP contribution is 2.17. The van der Waals surface area contributed by atoms with E-state index < -0.39 is 0 Å². The van der Waals surface area contributed by atoms with E-state index in [1.807, 2.05) is 27.7 Å². The molecule has 0 amide bonds. The van der Waals surface area contributed by atoms with Gasteiger partial charge in [-0.2, -0.15) is 0 Å². The minimum atomic E-state index is 0.834. The van der Waals surface area contributed by atoms with Crippen molar-refractivity contribution in [2.45, 2.75) is 34.6 Å². The van der Waals surface area contributed by atoms with Gasteiger partial charge in [0.1, 0.15) is 0 Å². The number of ether oxygens (including phenoxy) is 1. The van der Waals surface area contributed by atoms with E-state index in [0.29, 0.717) is 0 Å². The summed E-state index contributed by atoms with van der Waals surface area (Å²) in [5, 5.41) is 0. The molecule has 4 heteroatoms. The lowest BCUT2D eigenvalue weighted by Crippen LogP contribution is -2.36. The summed E-state index contributed by atoms with van der Waals surface area (Å²) in [5.41, 5.74) is 6.95. The molecule has 1 aliphatic rings. The zero-order chi connectivity index (χ0) is 16.8. The van der Waals surface area contributed by atoms with Gasteiger partial charge in [0.2, 0.25) is 0 Å².